The average Bonchev–Trinajstić information content (AvgIpc) is 2.53. The number of aliphatic hydroxyl groups excluding tert-OH is 1. The van der Waals surface area contributed by atoms with Crippen LogP contribution in [0.3, 0.4) is 0 Å². The molecule has 1 aromatic rings. The standard InChI is InChI=1S/C14H19BrFNO/c15-11-7-6-10(12(16)8-11)9-17-13-4-2-1-3-5-14(13)18/h6-8,13-14,17-18H,1-5,9H2. The van der Waals surface area contributed by atoms with Crippen LogP contribution in [0.4, 0.5) is 4.39 Å². The topological polar surface area (TPSA) is 32.3 Å². The Bertz CT molecular complexity index is 399. The highest BCUT2D eigenvalue weighted by molar-refractivity contribution is 9.10. The van der Waals surface area contributed by atoms with Gasteiger partial charge >= 0.3 is 0 Å². The lowest BCUT2D eigenvalue weighted by atomic mass is 10.1. The molecule has 0 amide bonds. The summed E-state index contributed by atoms with van der Waals surface area (Å²) in [5.74, 6) is -0.208. The molecule has 0 bridgehead atoms. The molecule has 18 heavy (non-hydrogen) atoms. The molecule has 0 saturated heterocycles. The Kier molecular flexibility index (Phi) is 5.15. The van der Waals surface area contributed by atoms with Crippen molar-refractivity contribution in [2.75, 3.05) is 0 Å². The second-order valence-electron chi connectivity index (χ2n) is 4.93. The maximum atomic E-state index is 13.6. The van der Waals surface area contributed by atoms with E-state index in [1.165, 1.54) is 12.5 Å². The van der Waals surface area contributed by atoms with Gasteiger partial charge in [-0.2, -0.15) is 0 Å². The minimum Gasteiger partial charge on any atom is -0.392 e. The maximum absolute atomic E-state index is 13.6. The van der Waals surface area contributed by atoms with Crippen LogP contribution in [0.1, 0.15) is 37.7 Å². The van der Waals surface area contributed by atoms with Crippen LogP contribution in [-0.2, 0) is 6.54 Å². The predicted octanol–water partition coefficient (Wildman–Crippen LogP) is 3.37. The number of aliphatic hydroxyl groups is 1. The molecule has 0 heterocycles. The summed E-state index contributed by atoms with van der Waals surface area (Å²) in [5.41, 5.74) is 0.648. The highest BCUT2D eigenvalue weighted by Gasteiger charge is 2.21. The van der Waals surface area contributed by atoms with Crippen molar-refractivity contribution >= 4 is 15.9 Å². The first-order valence-electron chi connectivity index (χ1n) is 6.52. The summed E-state index contributed by atoms with van der Waals surface area (Å²) < 4.78 is 14.4. The lowest BCUT2D eigenvalue weighted by Gasteiger charge is -2.22. The molecule has 2 unspecified atom stereocenters. The lowest BCUT2D eigenvalue weighted by Crippen LogP contribution is -2.38. The molecule has 2 nitrogen and oxygen atoms in total. The van der Waals surface area contributed by atoms with Crippen LogP contribution in [0.2, 0.25) is 0 Å². The van der Waals surface area contributed by atoms with E-state index in [1.807, 2.05) is 6.07 Å². The van der Waals surface area contributed by atoms with Gasteiger partial charge in [-0.3, -0.25) is 0 Å². The summed E-state index contributed by atoms with van der Waals surface area (Å²) in [6.45, 7) is 0.473. The zero-order chi connectivity index (χ0) is 13.0. The van der Waals surface area contributed by atoms with Crippen molar-refractivity contribution in [3.8, 4) is 0 Å². The van der Waals surface area contributed by atoms with Gasteiger partial charge in [-0.25, -0.2) is 4.39 Å². The van der Waals surface area contributed by atoms with Gasteiger partial charge in [0.2, 0.25) is 0 Å². The Morgan fingerprint density at radius 2 is 2.06 bits per heavy atom. The van der Waals surface area contributed by atoms with Crippen molar-refractivity contribution in [3.05, 3.63) is 34.1 Å². The summed E-state index contributed by atoms with van der Waals surface area (Å²) in [5, 5.41) is 13.3. The summed E-state index contributed by atoms with van der Waals surface area (Å²) >= 11 is 3.24. The zero-order valence-corrected chi connectivity index (χ0v) is 11.9. The number of nitrogens with one attached hydrogen (secondary N) is 1. The first-order chi connectivity index (χ1) is 8.66. The van der Waals surface area contributed by atoms with Crippen molar-refractivity contribution < 1.29 is 9.50 Å². The average molecular weight is 316 g/mol. The number of halogens is 2. The van der Waals surface area contributed by atoms with Gasteiger partial charge in [-0.15, -0.1) is 0 Å². The van der Waals surface area contributed by atoms with Crippen LogP contribution in [0.5, 0.6) is 0 Å². The second kappa shape index (κ2) is 6.64. The van der Waals surface area contributed by atoms with Crippen molar-refractivity contribution in [1.82, 2.24) is 5.32 Å². The molecule has 1 aliphatic carbocycles. The number of hydrogen-bond acceptors (Lipinski definition) is 2. The third kappa shape index (κ3) is 3.77. The highest BCUT2D eigenvalue weighted by Crippen LogP contribution is 2.19. The summed E-state index contributed by atoms with van der Waals surface area (Å²) in [4.78, 5) is 0. The van der Waals surface area contributed by atoms with Gasteiger partial charge in [-0.05, 0) is 25.0 Å². The van der Waals surface area contributed by atoms with E-state index >= 15 is 0 Å². The lowest BCUT2D eigenvalue weighted by molar-refractivity contribution is 0.119. The molecule has 2 atom stereocenters. The highest BCUT2D eigenvalue weighted by atomic mass is 79.9. The Balaban J connectivity index is 1.93. The summed E-state index contributed by atoms with van der Waals surface area (Å²) in [7, 11) is 0. The van der Waals surface area contributed by atoms with E-state index in [2.05, 4.69) is 21.2 Å². The van der Waals surface area contributed by atoms with Gasteiger partial charge < -0.3 is 10.4 Å². The molecular formula is C14H19BrFNO. The van der Waals surface area contributed by atoms with Crippen LogP contribution in [-0.4, -0.2) is 17.3 Å². The van der Waals surface area contributed by atoms with Crippen LogP contribution in [0, 0.1) is 5.82 Å². The molecular weight excluding hydrogens is 297 g/mol. The van der Waals surface area contributed by atoms with E-state index in [9.17, 15) is 9.50 Å². The van der Waals surface area contributed by atoms with Crippen LogP contribution >= 0.6 is 15.9 Å². The molecule has 0 aliphatic heterocycles. The zero-order valence-electron chi connectivity index (χ0n) is 10.3. The van der Waals surface area contributed by atoms with Crippen LogP contribution in [0.25, 0.3) is 0 Å². The number of rotatable bonds is 3. The van der Waals surface area contributed by atoms with E-state index in [-0.39, 0.29) is 18.0 Å². The largest absolute Gasteiger partial charge is 0.392 e. The van der Waals surface area contributed by atoms with E-state index in [0.29, 0.717) is 12.1 Å². The van der Waals surface area contributed by atoms with Gasteiger partial charge in [0, 0.05) is 22.6 Å². The van der Waals surface area contributed by atoms with E-state index in [0.717, 1.165) is 30.2 Å². The SMILES string of the molecule is OC1CCCCCC1NCc1ccc(Br)cc1F. The monoisotopic (exact) mass is 315 g/mol. The minimum atomic E-state index is -0.300. The third-order valence-electron chi connectivity index (χ3n) is 3.55. The van der Waals surface area contributed by atoms with Crippen molar-refractivity contribution in [2.24, 2.45) is 0 Å². The van der Waals surface area contributed by atoms with Crippen molar-refractivity contribution in [2.45, 2.75) is 50.8 Å². The van der Waals surface area contributed by atoms with Gasteiger partial charge in [0.05, 0.1) is 6.10 Å². The smallest absolute Gasteiger partial charge is 0.128 e. The molecule has 1 saturated carbocycles. The third-order valence-corrected chi connectivity index (χ3v) is 4.04. The normalized spacial score (nSPS) is 24.8. The molecule has 0 radical (unpaired) electrons. The van der Waals surface area contributed by atoms with Gasteiger partial charge in [0.15, 0.2) is 0 Å². The second-order valence-corrected chi connectivity index (χ2v) is 5.84. The minimum absolute atomic E-state index is 0.0931. The molecule has 1 aromatic carbocycles. The first kappa shape index (κ1) is 14.0. The fraction of sp³-hybridized carbons (Fsp3) is 0.571. The predicted molar refractivity (Wildman–Crippen MR) is 73.8 cm³/mol. The van der Waals surface area contributed by atoms with Crippen LogP contribution < -0.4 is 5.32 Å². The van der Waals surface area contributed by atoms with Crippen molar-refractivity contribution in [1.29, 1.82) is 0 Å². The maximum Gasteiger partial charge on any atom is 0.128 e. The molecule has 100 valence electrons. The summed E-state index contributed by atoms with van der Waals surface area (Å²) in [6.07, 6.45) is 4.93. The Morgan fingerprint density at radius 1 is 1.28 bits per heavy atom. The molecule has 1 aliphatic rings. The van der Waals surface area contributed by atoms with Gasteiger partial charge in [0.1, 0.15) is 5.82 Å². The van der Waals surface area contributed by atoms with E-state index < -0.39 is 0 Å². The fourth-order valence-corrected chi connectivity index (χ4v) is 2.77. The molecule has 2 N–H and O–H groups in total. The Labute approximate surface area is 116 Å². The Hall–Kier alpha value is -0.450. The molecule has 0 spiro atoms. The summed E-state index contributed by atoms with van der Waals surface area (Å²) in [6, 6.07) is 5.18. The molecule has 1 fully saturated rings. The molecule has 0 aromatic heterocycles. The van der Waals surface area contributed by atoms with Gasteiger partial charge in [0.25, 0.3) is 0 Å². The van der Waals surface area contributed by atoms with Crippen LogP contribution in [0.15, 0.2) is 22.7 Å². The first-order valence-corrected chi connectivity index (χ1v) is 7.31. The number of hydrogen-bond donors (Lipinski definition) is 2. The van der Waals surface area contributed by atoms with Crippen molar-refractivity contribution in [3.63, 3.8) is 0 Å². The fourth-order valence-electron chi connectivity index (χ4n) is 2.43. The number of benzene rings is 1. The molecule has 4 heteroatoms. The quantitative estimate of drug-likeness (QED) is 0.838. The Morgan fingerprint density at radius 3 is 2.83 bits per heavy atom. The van der Waals surface area contributed by atoms with E-state index in [1.54, 1.807) is 6.07 Å². The van der Waals surface area contributed by atoms with Gasteiger partial charge in [-0.1, -0.05) is 41.3 Å². The van der Waals surface area contributed by atoms with E-state index in [4.69, 9.17) is 0 Å². The molecule has 2 rings (SSSR count).